The van der Waals surface area contributed by atoms with Crippen molar-refractivity contribution >= 4 is 23.1 Å². The van der Waals surface area contributed by atoms with E-state index in [0.717, 1.165) is 17.3 Å². The van der Waals surface area contributed by atoms with Gasteiger partial charge < -0.3 is 10.1 Å². The number of aromatic nitrogens is 3. The molecule has 2 aromatic rings. The van der Waals surface area contributed by atoms with Gasteiger partial charge in [-0.15, -0.1) is 6.58 Å². The molecule has 0 saturated carbocycles. The SMILES string of the molecule is C=CCn1nnsc1=NCC(=O)Nc1ccc(OC)cc1. The van der Waals surface area contributed by atoms with Crippen molar-refractivity contribution < 1.29 is 9.53 Å². The highest BCUT2D eigenvalue weighted by Crippen LogP contribution is 2.14. The van der Waals surface area contributed by atoms with Crippen molar-refractivity contribution in [1.29, 1.82) is 0 Å². The van der Waals surface area contributed by atoms with E-state index in [1.165, 1.54) is 0 Å². The highest BCUT2D eigenvalue weighted by atomic mass is 32.1. The van der Waals surface area contributed by atoms with E-state index in [1.54, 1.807) is 42.1 Å². The minimum atomic E-state index is -0.210. The monoisotopic (exact) mass is 305 g/mol. The summed E-state index contributed by atoms with van der Waals surface area (Å²) in [6.45, 7) is 4.14. The molecule has 1 N–H and O–H groups in total. The summed E-state index contributed by atoms with van der Waals surface area (Å²) in [5, 5.41) is 6.61. The van der Waals surface area contributed by atoms with Crippen molar-refractivity contribution in [3.8, 4) is 5.75 Å². The third-order valence-corrected chi connectivity index (χ3v) is 3.18. The Kier molecular flexibility index (Phi) is 5.22. The molecule has 21 heavy (non-hydrogen) atoms. The van der Waals surface area contributed by atoms with Gasteiger partial charge in [0.2, 0.25) is 10.7 Å². The van der Waals surface area contributed by atoms with E-state index < -0.39 is 0 Å². The van der Waals surface area contributed by atoms with Gasteiger partial charge in [-0.2, -0.15) is 0 Å². The molecule has 0 fully saturated rings. The number of anilines is 1. The first-order valence-corrected chi connectivity index (χ1v) is 6.95. The Balaban J connectivity index is 1.97. The molecule has 0 aliphatic carbocycles. The number of allylic oxidation sites excluding steroid dienone is 1. The van der Waals surface area contributed by atoms with Crippen molar-refractivity contribution in [2.24, 2.45) is 4.99 Å². The zero-order chi connectivity index (χ0) is 15.1. The van der Waals surface area contributed by atoms with Crippen molar-refractivity contribution in [2.45, 2.75) is 6.54 Å². The Hall–Kier alpha value is -2.48. The van der Waals surface area contributed by atoms with Crippen LogP contribution in [-0.4, -0.2) is 33.9 Å². The lowest BCUT2D eigenvalue weighted by molar-refractivity contribution is -0.114. The number of methoxy groups -OCH3 is 1. The van der Waals surface area contributed by atoms with Crippen LogP contribution < -0.4 is 14.9 Å². The van der Waals surface area contributed by atoms with Gasteiger partial charge in [0.1, 0.15) is 12.3 Å². The van der Waals surface area contributed by atoms with Crippen molar-refractivity contribution in [1.82, 2.24) is 14.4 Å². The summed E-state index contributed by atoms with van der Waals surface area (Å²) < 4.78 is 10.4. The zero-order valence-electron chi connectivity index (χ0n) is 11.5. The van der Waals surface area contributed by atoms with Crippen LogP contribution in [0.3, 0.4) is 0 Å². The molecule has 1 heterocycles. The first-order chi connectivity index (χ1) is 10.2. The summed E-state index contributed by atoms with van der Waals surface area (Å²) in [7, 11) is 1.59. The molecular weight excluding hydrogens is 290 g/mol. The van der Waals surface area contributed by atoms with E-state index in [4.69, 9.17) is 4.74 Å². The molecule has 0 radical (unpaired) electrons. The maximum atomic E-state index is 11.8. The van der Waals surface area contributed by atoms with Crippen LogP contribution in [0.15, 0.2) is 41.9 Å². The van der Waals surface area contributed by atoms with Gasteiger partial charge in [0.15, 0.2) is 0 Å². The van der Waals surface area contributed by atoms with Crippen LogP contribution >= 0.6 is 11.5 Å². The van der Waals surface area contributed by atoms with Crippen molar-refractivity contribution in [3.63, 3.8) is 0 Å². The number of rotatable bonds is 6. The quantitative estimate of drug-likeness (QED) is 0.810. The van der Waals surface area contributed by atoms with Gasteiger partial charge in [-0.05, 0) is 24.3 Å². The van der Waals surface area contributed by atoms with E-state index in [9.17, 15) is 4.79 Å². The predicted octanol–water partition coefficient (Wildman–Crippen LogP) is 1.07. The second-order valence-corrected chi connectivity index (χ2v) is 4.72. The maximum Gasteiger partial charge on any atom is 0.246 e. The van der Waals surface area contributed by atoms with Crippen molar-refractivity contribution in [3.05, 3.63) is 41.7 Å². The van der Waals surface area contributed by atoms with Gasteiger partial charge in [-0.25, -0.2) is 9.67 Å². The fourth-order valence-corrected chi connectivity index (χ4v) is 2.07. The molecule has 1 aromatic carbocycles. The summed E-state index contributed by atoms with van der Waals surface area (Å²) in [6, 6.07) is 7.08. The Morgan fingerprint density at radius 2 is 2.29 bits per heavy atom. The predicted molar refractivity (Wildman–Crippen MR) is 80.1 cm³/mol. The molecular formula is C13H15N5O2S. The number of hydrogen-bond donors (Lipinski definition) is 1. The number of nitrogens with one attached hydrogen (secondary N) is 1. The summed E-state index contributed by atoms with van der Waals surface area (Å²) in [4.78, 5) is 16.6. The second kappa shape index (κ2) is 7.34. The molecule has 0 aliphatic rings. The van der Waals surface area contributed by atoms with E-state index >= 15 is 0 Å². The van der Waals surface area contributed by atoms with Gasteiger partial charge in [0, 0.05) is 17.2 Å². The van der Waals surface area contributed by atoms with Crippen molar-refractivity contribution in [2.75, 3.05) is 19.0 Å². The summed E-state index contributed by atoms with van der Waals surface area (Å²) in [5.74, 6) is 0.526. The normalized spacial score (nSPS) is 11.2. The number of hydrogen-bond acceptors (Lipinski definition) is 6. The lowest BCUT2D eigenvalue weighted by Gasteiger charge is -2.04. The van der Waals surface area contributed by atoms with E-state index in [1.807, 2.05) is 0 Å². The van der Waals surface area contributed by atoms with Gasteiger partial charge >= 0.3 is 0 Å². The molecule has 1 amide bonds. The minimum absolute atomic E-state index is 0.00699. The highest BCUT2D eigenvalue weighted by molar-refractivity contribution is 7.02. The molecule has 8 heteroatoms. The number of ether oxygens (including phenoxy) is 1. The largest absolute Gasteiger partial charge is 0.497 e. The molecule has 1 aromatic heterocycles. The molecule has 110 valence electrons. The van der Waals surface area contributed by atoms with Crippen LogP contribution in [0.2, 0.25) is 0 Å². The van der Waals surface area contributed by atoms with Crippen LogP contribution in [0.5, 0.6) is 5.75 Å². The molecule has 0 bridgehead atoms. The Morgan fingerprint density at radius 3 is 2.95 bits per heavy atom. The molecule has 0 aliphatic heterocycles. The van der Waals surface area contributed by atoms with Crippen LogP contribution in [0, 0.1) is 0 Å². The Morgan fingerprint density at radius 1 is 1.52 bits per heavy atom. The summed E-state index contributed by atoms with van der Waals surface area (Å²) >= 11 is 1.13. The minimum Gasteiger partial charge on any atom is -0.497 e. The van der Waals surface area contributed by atoms with Gasteiger partial charge in [0.25, 0.3) is 0 Å². The van der Waals surface area contributed by atoms with Gasteiger partial charge in [-0.1, -0.05) is 15.8 Å². The number of amides is 1. The average molecular weight is 305 g/mol. The number of carbonyl (C=O) groups excluding carboxylic acids is 1. The van der Waals surface area contributed by atoms with E-state index in [-0.39, 0.29) is 12.5 Å². The Bertz CT molecular complexity index is 674. The van der Waals surface area contributed by atoms with Crippen LogP contribution in [0.1, 0.15) is 0 Å². The summed E-state index contributed by atoms with van der Waals surface area (Å²) in [5.41, 5.74) is 0.692. The fourth-order valence-electron chi connectivity index (χ4n) is 1.55. The highest BCUT2D eigenvalue weighted by Gasteiger charge is 2.02. The molecule has 0 unspecified atom stereocenters. The molecule has 7 nitrogen and oxygen atoms in total. The molecule has 0 atom stereocenters. The molecule has 2 rings (SSSR count). The first kappa shape index (κ1) is 14.9. The van der Waals surface area contributed by atoms with Crippen LogP contribution in [0.4, 0.5) is 5.69 Å². The van der Waals surface area contributed by atoms with Gasteiger partial charge in [0.05, 0.1) is 13.7 Å². The third-order valence-electron chi connectivity index (χ3n) is 2.52. The van der Waals surface area contributed by atoms with E-state index in [2.05, 4.69) is 26.6 Å². The van der Waals surface area contributed by atoms with Gasteiger partial charge in [-0.3, -0.25) is 4.79 Å². The summed E-state index contributed by atoms with van der Waals surface area (Å²) in [6.07, 6.45) is 1.69. The third kappa shape index (κ3) is 4.25. The zero-order valence-corrected chi connectivity index (χ0v) is 12.3. The second-order valence-electron chi connectivity index (χ2n) is 4.01. The topological polar surface area (TPSA) is 81.4 Å². The van der Waals surface area contributed by atoms with Crippen LogP contribution in [-0.2, 0) is 11.3 Å². The number of benzene rings is 1. The van der Waals surface area contributed by atoms with E-state index in [0.29, 0.717) is 17.0 Å². The number of carbonyl (C=O) groups is 1. The first-order valence-electron chi connectivity index (χ1n) is 6.17. The Labute approximate surface area is 125 Å². The number of nitrogens with zero attached hydrogens (tertiary/aromatic N) is 4. The standard InChI is InChI=1S/C13H15N5O2S/c1-3-8-18-13(21-17-16-18)14-9-12(19)15-10-4-6-11(20-2)7-5-10/h3-7H,1,8-9H2,2H3,(H,15,19). The lowest BCUT2D eigenvalue weighted by Crippen LogP contribution is -2.20. The maximum absolute atomic E-state index is 11.8. The smallest absolute Gasteiger partial charge is 0.246 e. The molecule has 0 spiro atoms. The fraction of sp³-hybridized carbons (Fsp3) is 0.231. The lowest BCUT2D eigenvalue weighted by atomic mass is 10.3. The van der Waals surface area contributed by atoms with Crippen LogP contribution in [0.25, 0.3) is 0 Å². The molecule has 0 saturated heterocycles. The average Bonchev–Trinajstić information content (AvgIpc) is 2.94.